The van der Waals surface area contributed by atoms with Crippen LogP contribution in [0.5, 0.6) is 17.2 Å². The van der Waals surface area contributed by atoms with Gasteiger partial charge in [0.25, 0.3) is 0 Å². The van der Waals surface area contributed by atoms with Crippen LogP contribution in [0, 0.1) is 0 Å². The molecular formula is C19H16ClF3O5. The van der Waals surface area contributed by atoms with Crippen LogP contribution in [0.2, 0.25) is 5.02 Å². The third-order valence-electron chi connectivity index (χ3n) is 3.62. The predicted molar refractivity (Wildman–Crippen MR) is 94.7 cm³/mol. The summed E-state index contributed by atoms with van der Waals surface area (Å²) in [6.45, 7) is 1.50. The number of Topliss-reactive ketones (excluding diaryl/α,β-unsaturated/α-hetero) is 1. The number of halogens is 4. The molecule has 1 unspecified atom stereocenters. The quantitative estimate of drug-likeness (QED) is 0.467. The molecule has 0 saturated heterocycles. The highest BCUT2D eigenvalue weighted by atomic mass is 35.5. The summed E-state index contributed by atoms with van der Waals surface area (Å²) in [5.74, 6) is -0.384. The van der Waals surface area contributed by atoms with Crippen LogP contribution in [0.15, 0.2) is 42.5 Å². The summed E-state index contributed by atoms with van der Waals surface area (Å²) in [5, 5.41) is -0.183. The molecule has 0 aliphatic rings. The third-order valence-corrected chi connectivity index (χ3v) is 3.92. The van der Waals surface area contributed by atoms with E-state index >= 15 is 0 Å². The number of alkyl halides is 3. The van der Waals surface area contributed by atoms with Crippen LogP contribution >= 0.6 is 11.6 Å². The smallest absolute Gasteiger partial charge is 0.416 e. The van der Waals surface area contributed by atoms with Crippen LogP contribution in [0.25, 0.3) is 0 Å². The van der Waals surface area contributed by atoms with E-state index < -0.39 is 36.0 Å². The molecule has 0 heterocycles. The molecule has 0 aliphatic heterocycles. The average molecular weight is 417 g/mol. The Labute approximate surface area is 164 Å². The second-order valence-corrected chi connectivity index (χ2v) is 6.10. The number of hydrogen-bond acceptors (Lipinski definition) is 5. The van der Waals surface area contributed by atoms with Crippen molar-refractivity contribution in [2.24, 2.45) is 0 Å². The molecule has 0 spiro atoms. The van der Waals surface area contributed by atoms with Crippen LogP contribution in [-0.4, -0.2) is 25.0 Å². The summed E-state index contributed by atoms with van der Waals surface area (Å²) >= 11 is 5.85. The summed E-state index contributed by atoms with van der Waals surface area (Å²) in [4.78, 5) is 22.9. The van der Waals surface area contributed by atoms with Gasteiger partial charge in [0.1, 0.15) is 23.7 Å². The van der Waals surface area contributed by atoms with Gasteiger partial charge in [0, 0.05) is 0 Å². The lowest BCUT2D eigenvalue weighted by molar-refractivity contribution is -0.145. The Kier molecular flexibility index (Phi) is 6.90. The van der Waals surface area contributed by atoms with Crippen molar-refractivity contribution < 1.29 is 37.0 Å². The Morgan fingerprint density at radius 2 is 1.68 bits per heavy atom. The number of carbonyl (C=O) groups is 2. The molecule has 9 heteroatoms. The number of methoxy groups -OCH3 is 1. The zero-order valence-corrected chi connectivity index (χ0v) is 15.6. The van der Waals surface area contributed by atoms with Crippen molar-refractivity contribution in [1.82, 2.24) is 0 Å². The van der Waals surface area contributed by atoms with Crippen molar-refractivity contribution in [3.05, 3.63) is 53.1 Å². The monoisotopic (exact) mass is 416 g/mol. The van der Waals surface area contributed by atoms with Crippen molar-refractivity contribution in [1.29, 1.82) is 0 Å². The van der Waals surface area contributed by atoms with Crippen molar-refractivity contribution in [2.45, 2.75) is 25.6 Å². The summed E-state index contributed by atoms with van der Waals surface area (Å²) in [6.07, 6.45) is -5.76. The standard InChI is InChI=1S/C19H16ClF3O5/c1-11(16(24)10-18(25)26-2)27-13-4-6-14(7-5-13)28-17-8-3-12(9-15(17)20)19(21,22)23/h3-9,11H,10H2,1-2H3. The first-order valence-corrected chi connectivity index (χ1v) is 8.39. The molecule has 2 aromatic carbocycles. The molecule has 0 aromatic heterocycles. The maximum absolute atomic E-state index is 12.7. The van der Waals surface area contributed by atoms with E-state index in [2.05, 4.69) is 4.74 Å². The van der Waals surface area contributed by atoms with E-state index in [1.807, 2.05) is 0 Å². The van der Waals surface area contributed by atoms with Gasteiger partial charge in [0.05, 0.1) is 17.7 Å². The van der Waals surface area contributed by atoms with Crippen LogP contribution in [0.3, 0.4) is 0 Å². The van der Waals surface area contributed by atoms with E-state index in [9.17, 15) is 22.8 Å². The summed E-state index contributed by atoms with van der Waals surface area (Å²) in [7, 11) is 1.18. The number of ether oxygens (including phenoxy) is 3. The Hall–Kier alpha value is -2.74. The molecule has 2 rings (SSSR count). The van der Waals surface area contributed by atoms with Crippen LogP contribution < -0.4 is 9.47 Å². The molecule has 2 aromatic rings. The molecule has 150 valence electrons. The molecule has 0 bridgehead atoms. The first-order valence-electron chi connectivity index (χ1n) is 8.01. The lowest BCUT2D eigenvalue weighted by atomic mass is 10.2. The second kappa shape index (κ2) is 8.97. The normalized spacial score (nSPS) is 12.2. The Morgan fingerprint density at radius 1 is 1.07 bits per heavy atom. The van der Waals surface area contributed by atoms with Gasteiger partial charge in [0.2, 0.25) is 0 Å². The van der Waals surface area contributed by atoms with Crippen LogP contribution in [0.4, 0.5) is 13.2 Å². The Morgan fingerprint density at radius 3 is 2.21 bits per heavy atom. The number of rotatable bonds is 7. The number of hydrogen-bond donors (Lipinski definition) is 0. The SMILES string of the molecule is COC(=O)CC(=O)C(C)Oc1ccc(Oc2ccc(C(F)(F)F)cc2Cl)cc1. The predicted octanol–water partition coefficient (Wildman–Crippen LogP) is 5.05. The third kappa shape index (κ3) is 5.88. The van der Waals surface area contributed by atoms with E-state index in [1.54, 1.807) is 0 Å². The molecule has 0 N–H and O–H groups in total. The van der Waals surface area contributed by atoms with Gasteiger partial charge in [-0.05, 0) is 49.4 Å². The van der Waals surface area contributed by atoms with E-state index in [0.717, 1.165) is 18.2 Å². The fourth-order valence-corrected chi connectivity index (χ4v) is 2.32. The van der Waals surface area contributed by atoms with E-state index in [0.29, 0.717) is 11.5 Å². The van der Waals surface area contributed by atoms with E-state index in [1.165, 1.54) is 38.3 Å². The largest absolute Gasteiger partial charge is 0.483 e. The van der Waals surface area contributed by atoms with Gasteiger partial charge in [-0.3, -0.25) is 9.59 Å². The average Bonchev–Trinajstić information content (AvgIpc) is 2.63. The maximum atomic E-state index is 12.7. The number of carbonyl (C=O) groups excluding carboxylic acids is 2. The molecular weight excluding hydrogens is 401 g/mol. The summed E-state index contributed by atoms with van der Waals surface area (Å²) < 4.78 is 53.3. The molecule has 0 radical (unpaired) electrons. The molecule has 0 aliphatic carbocycles. The maximum Gasteiger partial charge on any atom is 0.416 e. The van der Waals surface area contributed by atoms with Gasteiger partial charge in [-0.15, -0.1) is 0 Å². The van der Waals surface area contributed by atoms with Crippen molar-refractivity contribution >= 4 is 23.4 Å². The highest BCUT2D eigenvalue weighted by Crippen LogP contribution is 2.36. The zero-order valence-electron chi connectivity index (χ0n) is 14.9. The first kappa shape index (κ1) is 21.6. The molecule has 0 amide bonds. The highest BCUT2D eigenvalue weighted by Gasteiger charge is 2.31. The highest BCUT2D eigenvalue weighted by molar-refractivity contribution is 6.32. The van der Waals surface area contributed by atoms with Gasteiger partial charge in [-0.2, -0.15) is 13.2 Å². The summed E-state index contributed by atoms with van der Waals surface area (Å²) in [6, 6.07) is 8.80. The second-order valence-electron chi connectivity index (χ2n) is 5.70. The lowest BCUT2D eigenvalue weighted by Crippen LogP contribution is -2.26. The topological polar surface area (TPSA) is 61.8 Å². The molecule has 1 atom stereocenters. The van der Waals surface area contributed by atoms with Crippen molar-refractivity contribution in [2.75, 3.05) is 7.11 Å². The van der Waals surface area contributed by atoms with Crippen molar-refractivity contribution in [3.63, 3.8) is 0 Å². The molecule has 5 nitrogen and oxygen atoms in total. The minimum atomic E-state index is -4.50. The van der Waals surface area contributed by atoms with Gasteiger partial charge in [-0.1, -0.05) is 11.6 Å². The van der Waals surface area contributed by atoms with Gasteiger partial charge >= 0.3 is 12.1 Å². The minimum absolute atomic E-state index is 0.0601. The Bertz CT molecular complexity index is 850. The summed E-state index contributed by atoms with van der Waals surface area (Å²) in [5.41, 5.74) is -0.876. The first-order chi connectivity index (χ1) is 13.1. The minimum Gasteiger partial charge on any atom is -0.483 e. The molecule has 0 fully saturated rings. The number of benzene rings is 2. The number of ketones is 1. The fourth-order valence-electron chi connectivity index (χ4n) is 2.10. The fraction of sp³-hybridized carbons (Fsp3) is 0.263. The molecule has 0 saturated carbocycles. The Balaban J connectivity index is 2.01. The lowest BCUT2D eigenvalue weighted by Gasteiger charge is -2.14. The zero-order chi connectivity index (χ0) is 20.9. The van der Waals surface area contributed by atoms with Gasteiger partial charge in [-0.25, -0.2) is 0 Å². The van der Waals surface area contributed by atoms with Crippen LogP contribution in [0.1, 0.15) is 18.9 Å². The van der Waals surface area contributed by atoms with Gasteiger partial charge < -0.3 is 14.2 Å². The van der Waals surface area contributed by atoms with Gasteiger partial charge in [0.15, 0.2) is 11.9 Å². The van der Waals surface area contributed by atoms with Crippen LogP contribution in [-0.2, 0) is 20.5 Å². The van der Waals surface area contributed by atoms with Crippen molar-refractivity contribution in [3.8, 4) is 17.2 Å². The van der Waals surface area contributed by atoms with E-state index in [4.69, 9.17) is 21.1 Å². The number of esters is 1. The molecule has 28 heavy (non-hydrogen) atoms. The van der Waals surface area contributed by atoms with E-state index in [-0.39, 0.29) is 10.8 Å².